The van der Waals surface area contributed by atoms with Crippen LogP contribution in [0.3, 0.4) is 0 Å². The number of rotatable bonds is 6. The van der Waals surface area contributed by atoms with Crippen molar-refractivity contribution in [3.8, 4) is 5.75 Å². The van der Waals surface area contributed by atoms with Crippen LogP contribution in [0.5, 0.6) is 5.75 Å². The predicted molar refractivity (Wildman–Crippen MR) is 83.4 cm³/mol. The summed E-state index contributed by atoms with van der Waals surface area (Å²) < 4.78 is 10.8. The summed E-state index contributed by atoms with van der Waals surface area (Å²) in [5, 5.41) is 2.79. The Bertz CT molecular complexity index is 652. The zero-order valence-corrected chi connectivity index (χ0v) is 12.4. The number of H-pyrrole nitrogens is 1. The van der Waals surface area contributed by atoms with Crippen molar-refractivity contribution in [2.75, 3.05) is 25.6 Å². The fraction of sp³-hybridized carbons (Fsp3) is 0.200. The van der Waals surface area contributed by atoms with Gasteiger partial charge in [-0.25, -0.2) is 0 Å². The third-order valence-corrected chi connectivity index (χ3v) is 3.07. The molecule has 6 heteroatoms. The van der Waals surface area contributed by atoms with Crippen molar-refractivity contribution < 1.29 is 14.3 Å². The first kappa shape index (κ1) is 15.2. The van der Waals surface area contributed by atoms with Gasteiger partial charge in [0.1, 0.15) is 17.0 Å². The largest absolute Gasteiger partial charge is 0.491 e. The van der Waals surface area contributed by atoms with E-state index in [1.54, 1.807) is 49.7 Å². The first-order valence-corrected chi connectivity index (χ1v) is 6.82. The highest BCUT2D eigenvalue weighted by Crippen LogP contribution is 2.16. The van der Waals surface area contributed by atoms with Gasteiger partial charge in [0, 0.05) is 19.0 Å². The molecule has 0 aliphatic rings. The third kappa shape index (κ3) is 4.40. The topological polar surface area (TPSA) is 63.4 Å². The number of amides is 1. The van der Waals surface area contributed by atoms with Crippen LogP contribution in [0.25, 0.3) is 0 Å². The quantitative estimate of drug-likeness (QED) is 0.636. The molecule has 0 unspecified atom stereocenters. The highest BCUT2D eigenvalue weighted by molar-refractivity contribution is 7.71. The maximum Gasteiger partial charge on any atom is 0.258 e. The second-order valence-corrected chi connectivity index (χ2v) is 4.64. The second-order valence-electron chi connectivity index (χ2n) is 4.23. The maximum absolute atomic E-state index is 12.1. The molecule has 2 N–H and O–H groups in total. The van der Waals surface area contributed by atoms with Gasteiger partial charge in [-0.05, 0) is 36.4 Å². The Balaban J connectivity index is 1.99. The van der Waals surface area contributed by atoms with E-state index in [0.717, 1.165) is 5.75 Å². The Morgan fingerprint density at radius 3 is 2.67 bits per heavy atom. The van der Waals surface area contributed by atoms with E-state index in [1.165, 1.54) is 0 Å². The van der Waals surface area contributed by atoms with Gasteiger partial charge in [-0.15, -0.1) is 0 Å². The number of aromatic amines is 1. The maximum atomic E-state index is 12.1. The summed E-state index contributed by atoms with van der Waals surface area (Å²) in [5.74, 6) is 0.479. The van der Waals surface area contributed by atoms with E-state index < -0.39 is 0 Å². The Labute approximate surface area is 127 Å². The minimum Gasteiger partial charge on any atom is -0.491 e. The van der Waals surface area contributed by atoms with E-state index in [0.29, 0.717) is 29.1 Å². The molecule has 0 saturated carbocycles. The van der Waals surface area contributed by atoms with Gasteiger partial charge in [0.2, 0.25) is 0 Å². The average molecular weight is 304 g/mol. The summed E-state index contributed by atoms with van der Waals surface area (Å²) in [7, 11) is 1.62. The highest BCUT2D eigenvalue weighted by Gasteiger charge is 2.07. The summed E-state index contributed by atoms with van der Waals surface area (Å²) in [4.78, 5) is 14.9. The molecule has 0 radical (unpaired) electrons. The summed E-state index contributed by atoms with van der Waals surface area (Å²) >= 11 is 5.08. The molecule has 21 heavy (non-hydrogen) atoms. The van der Waals surface area contributed by atoms with Gasteiger partial charge in [0.25, 0.3) is 5.91 Å². The molecule has 2 aromatic rings. The molecule has 1 aromatic carbocycles. The van der Waals surface area contributed by atoms with Crippen LogP contribution in [0, 0.1) is 4.64 Å². The molecule has 0 fully saturated rings. The molecular formula is C15H16N2O3S. The zero-order chi connectivity index (χ0) is 15.1. The van der Waals surface area contributed by atoms with Crippen molar-refractivity contribution in [3.05, 3.63) is 52.8 Å². The molecule has 1 heterocycles. The van der Waals surface area contributed by atoms with Crippen molar-refractivity contribution in [2.45, 2.75) is 0 Å². The van der Waals surface area contributed by atoms with Crippen LogP contribution >= 0.6 is 12.2 Å². The smallest absolute Gasteiger partial charge is 0.258 e. The fourth-order valence-corrected chi connectivity index (χ4v) is 1.90. The molecule has 0 aliphatic carbocycles. The first-order valence-electron chi connectivity index (χ1n) is 6.41. The number of aromatic nitrogens is 1. The van der Waals surface area contributed by atoms with E-state index in [2.05, 4.69) is 10.3 Å². The Kier molecular flexibility index (Phi) is 5.48. The number of methoxy groups -OCH3 is 1. The van der Waals surface area contributed by atoms with Crippen molar-refractivity contribution >= 4 is 23.8 Å². The summed E-state index contributed by atoms with van der Waals surface area (Å²) in [6, 6.07) is 10.5. The number of nitrogens with one attached hydrogen (secondary N) is 2. The standard InChI is InChI=1S/C15H16N2O3S/c1-19-9-10-20-12-6-4-11(5-7-12)17-14(18)13-3-2-8-16-15(13)21/h2-8H,9-10H2,1H3,(H,16,21)(H,17,18). The molecule has 0 bridgehead atoms. The molecule has 0 saturated heterocycles. The molecule has 2 rings (SSSR count). The second kappa shape index (κ2) is 7.56. The van der Waals surface area contributed by atoms with Gasteiger partial charge in [-0.1, -0.05) is 12.2 Å². The van der Waals surface area contributed by atoms with Crippen molar-refractivity contribution in [2.24, 2.45) is 0 Å². The summed E-state index contributed by atoms with van der Waals surface area (Å²) in [5.41, 5.74) is 1.12. The number of hydrogen-bond acceptors (Lipinski definition) is 4. The van der Waals surface area contributed by atoms with Gasteiger partial charge in [0.15, 0.2) is 0 Å². The predicted octanol–water partition coefficient (Wildman–Crippen LogP) is 3.02. The fourth-order valence-electron chi connectivity index (χ4n) is 1.68. The Hall–Kier alpha value is -2.18. The first-order chi connectivity index (χ1) is 10.2. The lowest BCUT2D eigenvalue weighted by molar-refractivity contribution is 0.102. The molecule has 1 amide bonds. The molecular weight excluding hydrogens is 288 g/mol. The number of benzene rings is 1. The molecule has 0 atom stereocenters. The van der Waals surface area contributed by atoms with Crippen molar-refractivity contribution in [3.63, 3.8) is 0 Å². The molecule has 1 aromatic heterocycles. The van der Waals surface area contributed by atoms with Crippen LogP contribution in [0.15, 0.2) is 42.6 Å². The number of ether oxygens (including phenoxy) is 2. The lowest BCUT2D eigenvalue weighted by atomic mass is 10.2. The van der Waals surface area contributed by atoms with Crippen LogP contribution in [0.4, 0.5) is 5.69 Å². The van der Waals surface area contributed by atoms with E-state index >= 15 is 0 Å². The zero-order valence-electron chi connectivity index (χ0n) is 11.6. The van der Waals surface area contributed by atoms with Gasteiger partial charge < -0.3 is 19.8 Å². The average Bonchev–Trinajstić information content (AvgIpc) is 2.49. The lowest BCUT2D eigenvalue weighted by Gasteiger charge is -2.08. The summed E-state index contributed by atoms with van der Waals surface area (Å²) in [6.45, 7) is 1.02. The third-order valence-electron chi connectivity index (χ3n) is 2.73. The minimum absolute atomic E-state index is 0.245. The number of anilines is 1. The van der Waals surface area contributed by atoms with Gasteiger partial charge in [-0.2, -0.15) is 0 Å². The van der Waals surface area contributed by atoms with Gasteiger partial charge in [-0.3, -0.25) is 4.79 Å². The van der Waals surface area contributed by atoms with Crippen LogP contribution in [0.2, 0.25) is 0 Å². The van der Waals surface area contributed by atoms with Gasteiger partial charge >= 0.3 is 0 Å². The normalized spacial score (nSPS) is 10.1. The van der Waals surface area contributed by atoms with Crippen molar-refractivity contribution in [1.82, 2.24) is 4.98 Å². The van der Waals surface area contributed by atoms with Crippen molar-refractivity contribution in [1.29, 1.82) is 0 Å². The van der Waals surface area contributed by atoms with E-state index in [-0.39, 0.29) is 5.91 Å². The van der Waals surface area contributed by atoms with E-state index in [1.807, 2.05) is 0 Å². The minimum atomic E-state index is -0.245. The lowest BCUT2D eigenvalue weighted by Crippen LogP contribution is -2.12. The van der Waals surface area contributed by atoms with Crippen LogP contribution in [0.1, 0.15) is 10.4 Å². The molecule has 110 valence electrons. The Morgan fingerprint density at radius 2 is 2.00 bits per heavy atom. The van der Waals surface area contributed by atoms with Crippen LogP contribution in [-0.4, -0.2) is 31.2 Å². The number of carbonyl (C=O) groups excluding carboxylic acids is 1. The Morgan fingerprint density at radius 1 is 1.24 bits per heavy atom. The van der Waals surface area contributed by atoms with E-state index in [9.17, 15) is 4.79 Å². The number of hydrogen-bond donors (Lipinski definition) is 2. The van der Waals surface area contributed by atoms with Crippen LogP contribution < -0.4 is 10.1 Å². The molecule has 0 spiro atoms. The molecule has 5 nitrogen and oxygen atoms in total. The monoisotopic (exact) mass is 304 g/mol. The SMILES string of the molecule is COCCOc1ccc(NC(=O)c2ccc[nH]c2=S)cc1. The number of pyridine rings is 1. The van der Waals surface area contributed by atoms with E-state index in [4.69, 9.17) is 21.7 Å². The summed E-state index contributed by atoms with van der Waals surface area (Å²) in [6.07, 6.45) is 1.69. The van der Waals surface area contributed by atoms with Gasteiger partial charge in [0.05, 0.1) is 12.2 Å². The number of carbonyl (C=O) groups is 1. The highest BCUT2D eigenvalue weighted by atomic mass is 32.1. The van der Waals surface area contributed by atoms with Crippen LogP contribution in [-0.2, 0) is 4.74 Å². The molecule has 0 aliphatic heterocycles.